The van der Waals surface area contributed by atoms with Gasteiger partial charge in [-0.25, -0.2) is 0 Å². The van der Waals surface area contributed by atoms with Gasteiger partial charge in [-0.3, -0.25) is 14.5 Å². The van der Waals surface area contributed by atoms with Crippen LogP contribution in [-0.2, 0) is 0 Å². The van der Waals surface area contributed by atoms with E-state index in [-0.39, 0.29) is 23.0 Å². The first-order chi connectivity index (χ1) is 10.1. The van der Waals surface area contributed by atoms with E-state index in [2.05, 4.69) is 5.32 Å². The molecule has 1 fully saturated rings. The van der Waals surface area contributed by atoms with Crippen LogP contribution in [0.15, 0.2) is 18.2 Å². The van der Waals surface area contributed by atoms with Crippen LogP contribution in [-0.4, -0.2) is 27.9 Å². The number of anilines is 1. The van der Waals surface area contributed by atoms with Gasteiger partial charge in [-0.1, -0.05) is 19.3 Å². The molecular formula is C15H17N3O2S. The van der Waals surface area contributed by atoms with Crippen molar-refractivity contribution in [3.8, 4) is 0 Å². The third-order valence-electron chi connectivity index (χ3n) is 4.13. The van der Waals surface area contributed by atoms with E-state index in [4.69, 9.17) is 18.0 Å². The number of thiocarbonyl (C=S) groups is 1. The Morgan fingerprint density at radius 1 is 1.14 bits per heavy atom. The van der Waals surface area contributed by atoms with Crippen molar-refractivity contribution >= 4 is 34.8 Å². The number of carbonyl (C=O) groups is 2. The molecule has 0 atom stereocenters. The number of hydrogen-bond acceptors (Lipinski definition) is 3. The predicted octanol–water partition coefficient (Wildman–Crippen LogP) is 2.27. The highest BCUT2D eigenvalue weighted by molar-refractivity contribution is 7.80. The van der Waals surface area contributed by atoms with Crippen molar-refractivity contribution in [3.05, 3.63) is 29.3 Å². The normalized spacial score (nSPS) is 18.8. The lowest BCUT2D eigenvalue weighted by Crippen LogP contribution is -2.40. The number of amides is 2. The number of rotatable bonds is 2. The maximum atomic E-state index is 12.6. The lowest BCUT2D eigenvalue weighted by molar-refractivity contribution is 0.0549. The van der Waals surface area contributed by atoms with E-state index in [9.17, 15) is 9.59 Å². The zero-order chi connectivity index (χ0) is 15.0. The predicted molar refractivity (Wildman–Crippen MR) is 84.2 cm³/mol. The van der Waals surface area contributed by atoms with E-state index in [0.29, 0.717) is 16.8 Å². The number of nitrogens with two attached hydrogens (primary N) is 1. The van der Waals surface area contributed by atoms with Crippen LogP contribution in [0.3, 0.4) is 0 Å². The van der Waals surface area contributed by atoms with Gasteiger partial charge in [-0.2, -0.15) is 0 Å². The van der Waals surface area contributed by atoms with Gasteiger partial charge in [0.25, 0.3) is 11.8 Å². The Labute approximate surface area is 128 Å². The number of imide groups is 1. The molecule has 5 nitrogen and oxygen atoms in total. The third-order valence-corrected chi connectivity index (χ3v) is 4.23. The van der Waals surface area contributed by atoms with Gasteiger partial charge < -0.3 is 11.1 Å². The molecule has 1 saturated carbocycles. The lowest BCUT2D eigenvalue weighted by atomic mass is 9.94. The first-order valence-corrected chi connectivity index (χ1v) is 7.57. The van der Waals surface area contributed by atoms with Gasteiger partial charge in [0.2, 0.25) is 0 Å². The quantitative estimate of drug-likeness (QED) is 0.647. The van der Waals surface area contributed by atoms with Crippen molar-refractivity contribution in [2.45, 2.75) is 38.1 Å². The minimum absolute atomic E-state index is 0.0399. The molecule has 21 heavy (non-hydrogen) atoms. The highest BCUT2D eigenvalue weighted by Crippen LogP contribution is 2.32. The molecule has 2 amide bonds. The molecule has 3 rings (SSSR count). The number of fused-ring (bicyclic) bond motifs is 1. The summed E-state index contributed by atoms with van der Waals surface area (Å²) in [5, 5.41) is 2.93. The standard InChI is InChI=1S/C15H17N3O2S/c16-15(21)17-9-6-7-11-12(8-9)14(20)18(13(11)19)10-4-2-1-3-5-10/h6-8,10H,1-5H2,(H3,16,17,21). The van der Waals surface area contributed by atoms with Crippen molar-refractivity contribution in [1.82, 2.24) is 4.90 Å². The second-order valence-corrected chi connectivity index (χ2v) is 5.96. The molecule has 0 bridgehead atoms. The van der Waals surface area contributed by atoms with Crippen molar-refractivity contribution in [2.75, 3.05) is 5.32 Å². The van der Waals surface area contributed by atoms with E-state index in [0.717, 1.165) is 25.7 Å². The fourth-order valence-electron chi connectivity index (χ4n) is 3.15. The lowest BCUT2D eigenvalue weighted by Gasteiger charge is -2.29. The van der Waals surface area contributed by atoms with E-state index in [1.807, 2.05) is 0 Å². The zero-order valence-corrected chi connectivity index (χ0v) is 12.4. The van der Waals surface area contributed by atoms with Crippen LogP contribution in [0.4, 0.5) is 5.69 Å². The Morgan fingerprint density at radius 3 is 2.48 bits per heavy atom. The Kier molecular flexibility index (Phi) is 3.63. The maximum absolute atomic E-state index is 12.6. The molecular weight excluding hydrogens is 286 g/mol. The minimum Gasteiger partial charge on any atom is -0.376 e. The highest BCUT2D eigenvalue weighted by atomic mass is 32.1. The molecule has 0 aromatic heterocycles. The molecule has 1 aliphatic heterocycles. The first kappa shape index (κ1) is 14.0. The summed E-state index contributed by atoms with van der Waals surface area (Å²) in [5.74, 6) is -0.378. The molecule has 0 spiro atoms. The van der Waals surface area contributed by atoms with Crippen molar-refractivity contribution in [3.63, 3.8) is 0 Å². The fraction of sp³-hybridized carbons (Fsp3) is 0.400. The summed E-state index contributed by atoms with van der Waals surface area (Å²) in [5.41, 5.74) is 6.97. The van der Waals surface area contributed by atoms with Crippen LogP contribution in [0.2, 0.25) is 0 Å². The molecule has 1 aliphatic carbocycles. The van der Waals surface area contributed by atoms with Gasteiger partial charge in [0, 0.05) is 11.7 Å². The van der Waals surface area contributed by atoms with Crippen LogP contribution in [0.25, 0.3) is 0 Å². The largest absolute Gasteiger partial charge is 0.376 e. The smallest absolute Gasteiger partial charge is 0.261 e. The molecule has 3 N–H and O–H groups in total. The topological polar surface area (TPSA) is 75.4 Å². The summed E-state index contributed by atoms with van der Waals surface area (Å²) in [6, 6.07) is 5.07. The average Bonchev–Trinajstić information content (AvgIpc) is 2.71. The molecule has 110 valence electrons. The van der Waals surface area contributed by atoms with Crippen LogP contribution in [0, 0.1) is 0 Å². The summed E-state index contributed by atoms with van der Waals surface area (Å²) >= 11 is 4.79. The summed E-state index contributed by atoms with van der Waals surface area (Å²) < 4.78 is 0. The zero-order valence-electron chi connectivity index (χ0n) is 11.6. The van der Waals surface area contributed by atoms with Crippen molar-refractivity contribution in [1.29, 1.82) is 0 Å². The number of nitrogens with one attached hydrogen (secondary N) is 1. The van der Waals surface area contributed by atoms with E-state index >= 15 is 0 Å². The molecule has 0 saturated heterocycles. The summed E-state index contributed by atoms with van der Waals surface area (Å²) in [4.78, 5) is 26.5. The van der Waals surface area contributed by atoms with Crippen LogP contribution < -0.4 is 11.1 Å². The number of hydrogen-bond donors (Lipinski definition) is 2. The number of benzene rings is 1. The molecule has 1 aromatic carbocycles. The Morgan fingerprint density at radius 2 is 1.81 bits per heavy atom. The van der Waals surface area contributed by atoms with Gasteiger partial charge in [0.05, 0.1) is 11.1 Å². The van der Waals surface area contributed by atoms with E-state index < -0.39 is 0 Å². The molecule has 1 aromatic rings. The van der Waals surface area contributed by atoms with Crippen molar-refractivity contribution < 1.29 is 9.59 Å². The van der Waals surface area contributed by atoms with Crippen molar-refractivity contribution in [2.24, 2.45) is 5.73 Å². The maximum Gasteiger partial charge on any atom is 0.261 e. The van der Waals surface area contributed by atoms with E-state index in [1.165, 1.54) is 11.3 Å². The average molecular weight is 303 g/mol. The summed E-state index contributed by atoms with van der Waals surface area (Å²) in [7, 11) is 0. The second kappa shape index (κ2) is 5.44. The SMILES string of the molecule is NC(=S)Nc1ccc2c(c1)C(=O)N(C1CCCCC1)C2=O. The number of carbonyl (C=O) groups excluding carboxylic acids is 2. The van der Waals surface area contributed by atoms with Crippen LogP contribution in [0.5, 0.6) is 0 Å². The molecule has 0 unspecified atom stereocenters. The van der Waals surface area contributed by atoms with Crippen LogP contribution in [0.1, 0.15) is 52.8 Å². The summed E-state index contributed by atoms with van der Waals surface area (Å²) in [6.45, 7) is 0. The second-order valence-electron chi connectivity index (χ2n) is 5.52. The Bertz CT molecular complexity index is 623. The van der Waals surface area contributed by atoms with Crippen LogP contribution >= 0.6 is 12.2 Å². The van der Waals surface area contributed by atoms with Gasteiger partial charge in [0.1, 0.15) is 0 Å². The third kappa shape index (κ3) is 2.51. The van der Waals surface area contributed by atoms with Gasteiger partial charge in [-0.05, 0) is 43.3 Å². The number of nitrogens with zero attached hydrogens (tertiary/aromatic N) is 1. The minimum atomic E-state index is -0.200. The molecule has 1 heterocycles. The monoisotopic (exact) mass is 303 g/mol. The van der Waals surface area contributed by atoms with Gasteiger partial charge in [-0.15, -0.1) is 0 Å². The molecule has 2 aliphatic rings. The van der Waals surface area contributed by atoms with Gasteiger partial charge in [0.15, 0.2) is 5.11 Å². The molecule has 6 heteroatoms. The first-order valence-electron chi connectivity index (χ1n) is 7.16. The van der Waals surface area contributed by atoms with E-state index in [1.54, 1.807) is 18.2 Å². The Balaban J connectivity index is 1.90. The molecule has 0 radical (unpaired) electrons. The highest BCUT2D eigenvalue weighted by Gasteiger charge is 2.40. The van der Waals surface area contributed by atoms with Gasteiger partial charge >= 0.3 is 0 Å². The Hall–Kier alpha value is -1.95. The fourth-order valence-corrected chi connectivity index (χ4v) is 3.27. The summed E-state index contributed by atoms with van der Waals surface area (Å²) in [6.07, 6.45) is 5.15.